The van der Waals surface area contributed by atoms with E-state index in [4.69, 9.17) is 5.11 Å². The second-order valence-electron chi connectivity index (χ2n) is 3.02. The maximum Gasteiger partial charge on any atom is 0.268 e. The first-order valence-corrected chi connectivity index (χ1v) is 4.11. The van der Waals surface area contributed by atoms with E-state index in [0.717, 1.165) is 0 Å². The van der Waals surface area contributed by atoms with Crippen molar-refractivity contribution in [2.24, 2.45) is 5.18 Å². The monoisotopic (exact) mass is 203 g/mol. The second-order valence-corrected chi connectivity index (χ2v) is 3.02. The van der Waals surface area contributed by atoms with Gasteiger partial charge < -0.3 is 5.11 Å². The first kappa shape index (κ1) is 9.26. The van der Waals surface area contributed by atoms with Crippen LogP contribution in [0.4, 0.5) is 5.69 Å². The van der Waals surface area contributed by atoms with Gasteiger partial charge in [0.2, 0.25) is 5.43 Å². The number of hydrogen-bond donors (Lipinski definition) is 1. The van der Waals surface area contributed by atoms with Crippen molar-refractivity contribution in [2.45, 2.75) is 0 Å². The Hall–Kier alpha value is -2.30. The van der Waals surface area contributed by atoms with Gasteiger partial charge in [0.15, 0.2) is 5.75 Å². The van der Waals surface area contributed by atoms with Crippen molar-refractivity contribution in [2.75, 3.05) is 0 Å². The molecule has 0 spiro atoms. The standard InChI is InChI=1S/C10H5NO4/c12-8-7(9(13)10(8)14)5-2-1-3-6(4-5)11-15/h1-4,12H. The zero-order chi connectivity index (χ0) is 11.0. The van der Waals surface area contributed by atoms with E-state index >= 15 is 0 Å². The quantitative estimate of drug-likeness (QED) is 0.584. The summed E-state index contributed by atoms with van der Waals surface area (Å²) in [5, 5.41) is 11.9. The Balaban J connectivity index is 2.61. The van der Waals surface area contributed by atoms with E-state index in [0.29, 0.717) is 5.56 Å². The van der Waals surface area contributed by atoms with Crippen LogP contribution in [0.15, 0.2) is 39.0 Å². The van der Waals surface area contributed by atoms with Gasteiger partial charge in [-0.2, -0.15) is 0 Å². The highest BCUT2D eigenvalue weighted by atomic mass is 16.3. The summed E-state index contributed by atoms with van der Waals surface area (Å²) >= 11 is 0. The van der Waals surface area contributed by atoms with E-state index < -0.39 is 16.6 Å². The maximum atomic E-state index is 11.1. The SMILES string of the molecule is O=Nc1cccc(-c2c(O)c(=O)c2=O)c1. The topological polar surface area (TPSA) is 83.8 Å². The van der Waals surface area contributed by atoms with Crippen LogP contribution in [0, 0.1) is 4.91 Å². The zero-order valence-corrected chi connectivity index (χ0v) is 7.43. The Bertz CT molecular complexity index is 608. The fourth-order valence-electron chi connectivity index (χ4n) is 1.37. The second kappa shape index (κ2) is 3.13. The summed E-state index contributed by atoms with van der Waals surface area (Å²) in [6.07, 6.45) is 0. The Morgan fingerprint density at radius 2 is 1.87 bits per heavy atom. The summed E-state index contributed by atoms with van der Waals surface area (Å²) in [4.78, 5) is 32.1. The van der Waals surface area contributed by atoms with Crippen molar-refractivity contribution in [3.05, 3.63) is 49.6 Å². The van der Waals surface area contributed by atoms with Crippen molar-refractivity contribution in [1.82, 2.24) is 0 Å². The van der Waals surface area contributed by atoms with E-state index in [1.165, 1.54) is 24.3 Å². The molecule has 0 fully saturated rings. The van der Waals surface area contributed by atoms with Gasteiger partial charge in [0.05, 0.1) is 5.56 Å². The lowest BCUT2D eigenvalue weighted by Gasteiger charge is -2.04. The number of rotatable bonds is 2. The molecule has 1 N–H and O–H groups in total. The van der Waals surface area contributed by atoms with Gasteiger partial charge in [0.25, 0.3) is 5.43 Å². The molecule has 2 aromatic carbocycles. The summed E-state index contributed by atoms with van der Waals surface area (Å²) in [7, 11) is 0. The minimum Gasteiger partial charge on any atom is -0.503 e. The molecule has 0 amide bonds. The minimum absolute atomic E-state index is 0.0505. The highest BCUT2D eigenvalue weighted by molar-refractivity contribution is 5.75. The molecule has 0 radical (unpaired) electrons. The minimum atomic E-state index is -0.894. The molecule has 5 heteroatoms. The van der Waals surface area contributed by atoms with Crippen LogP contribution in [0.5, 0.6) is 5.75 Å². The Morgan fingerprint density at radius 1 is 1.13 bits per heavy atom. The van der Waals surface area contributed by atoms with Crippen LogP contribution < -0.4 is 10.9 Å². The smallest absolute Gasteiger partial charge is 0.268 e. The van der Waals surface area contributed by atoms with Crippen LogP contribution in [-0.4, -0.2) is 5.11 Å². The van der Waals surface area contributed by atoms with Gasteiger partial charge >= 0.3 is 0 Å². The Kier molecular flexibility index (Phi) is 1.93. The normalized spacial score (nSPS) is 10.4. The largest absolute Gasteiger partial charge is 0.503 e. The van der Waals surface area contributed by atoms with E-state index in [1.807, 2.05) is 0 Å². The molecule has 0 saturated heterocycles. The van der Waals surface area contributed by atoms with Crippen molar-refractivity contribution in [3.8, 4) is 16.9 Å². The van der Waals surface area contributed by atoms with Crippen molar-refractivity contribution in [3.63, 3.8) is 0 Å². The highest BCUT2D eigenvalue weighted by Crippen LogP contribution is 2.27. The van der Waals surface area contributed by atoms with Crippen LogP contribution in [-0.2, 0) is 0 Å². The van der Waals surface area contributed by atoms with Gasteiger partial charge in [-0.1, -0.05) is 12.1 Å². The molecule has 0 aliphatic heterocycles. The lowest BCUT2D eigenvalue weighted by molar-refractivity contribution is 0.465. The fraction of sp³-hybridized carbons (Fsp3) is 0. The van der Waals surface area contributed by atoms with Crippen LogP contribution >= 0.6 is 0 Å². The third kappa shape index (κ3) is 1.25. The van der Waals surface area contributed by atoms with E-state index in [2.05, 4.69) is 5.18 Å². The molecule has 5 nitrogen and oxygen atoms in total. The maximum absolute atomic E-state index is 11.1. The Labute approximate surface area is 83.3 Å². The van der Waals surface area contributed by atoms with Gasteiger partial charge in [-0.05, 0) is 22.9 Å². The van der Waals surface area contributed by atoms with Crippen LogP contribution in [0.3, 0.4) is 0 Å². The molecule has 0 atom stereocenters. The summed E-state index contributed by atoms with van der Waals surface area (Å²) in [6, 6.07) is 5.83. The highest BCUT2D eigenvalue weighted by Gasteiger charge is 2.21. The summed E-state index contributed by atoms with van der Waals surface area (Å²) in [6.45, 7) is 0. The van der Waals surface area contributed by atoms with E-state index in [9.17, 15) is 14.5 Å². The lowest BCUT2D eigenvalue weighted by Crippen LogP contribution is -2.31. The molecule has 2 rings (SSSR count). The number of hydrogen-bond acceptors (Lipinski definition) is 5. The number of nitroso groups, excluding NO2 is 1. The van der Waals surface area contributed by atoms with Crippen molar-refractivity contribution < 1.29 is 5.11 Å². The first-order chi connectivity index (χ1) is 7.15. The summed E-state index contributed by atoms with van der Waals surface area (Å²) < 4.78 is 0. The molecule has 0 aliphatic rings. The molecule has 0 heterocycles. The fourth-order valence-corrected chi connectivity index (χ4v) is 1.37. The van der Waals surface area contributed by atoms with Crippen molar-refractivity contribution >= 4 is 5.69 Å². The molecule has 0 saturated carbocycles. The summed E-state index contributed by atoms with van der Waals surface area (Å²) in [5.41, 5.74) is -1.22. The van der Waals surface area contributed by atoms with Crippen LogP contribution in [0.1, 0.15) is 0 Å². The molecular weight excluding hydrogens is 198 g/mol. The molecule has 15 heavy (non-hydrogen) atoms. The molecule has 74 valence electrons. The van der Waals surface area contributed by atoms with E-state index in [-0.39, 0.29) is 11.3 Å². The van der Waals surface area contributed by atoms with Gasteiger partial charge in [0.1, 0.15) is 5.69 Å². The number of benzene rings is 1. The van der Waals surface area contributed by atoms with E-state index in [1.54, 1.807) is 0 Å². The molecule has 0 unspecified atom stereocenters. The third-order valence-corrected chi connectivity index (χ3v) is 2.13. The molecular formula is C10H5NO4. The molecule has 0 aliphatic carbocycles. The van der Waals surface area contributed by atoms with Gasteiger partial charge in [-0.15, -0.1) is 4.91 Å². The van der Waals surface area contributed by atoms with Crippen LogP contribution in [0.25, 0.3) is 11.1 Å². The average molecular weight is 203 g/mol. The first-order valence-electron chi connectivity index (χ1n) is 4.11. The summed E-state index contributed by atoms with van der Waals surface area (Å²) in [5.74, 6) is -0.553. The molecule has 0 aromatic heterocycles. The van der Waals surface area contributed by atoms with Gasteiger partial charge in [-0.3, -0.25) is 9.59 Å². The molecule has 0 bridgehead atoms. The number of aromatic hydroxyl groups is 1. The zero-order valence-electron chi connectivity index (χ0n) is 7.43. The predicted molar refractivity (Wildman–Crippen MR) is 53.9 cm³/mol. The van der Waals surface area contributed by atoms with Crippen LogP contribution in [0.2, 0.25) is 0 Å². The Morgan fingerprint density at radius 3 is 2.47 bits per heavy atom. The third-order valence-electron chi connectivity index (χ3n) is 2.13. The average Bonchev–Trinajstić information content (AvgIpc) is 2.29. The van der Waals surface area contributed by atoms with Crippen molar-refractivity contribution in [1.29, 1.82) is 0 Å². The van der Waals surface area contributed by atoms with Gasteiger partial charge in [-0.25, -0.2) is 0 Å². The molecule has 2 aromatic rings. The lowest BCUT2D eigenvalue weighted by atomic mass is 10.00. The van der Waals surface area contributed by atoms with Gasteiger partial charge in [0, 0.05) is 0 Å². The predicted octanol–water partition coefficient (Wildman–Crippen LogP) is 1.05. The number of nitrogens with zero attached hydrogens (tertiary/aromatic N) is 1.